The van der Waals surface area contributed by atoms with Crippen LogP contribution >= 0.6 is 6.64 Å². The van der Waals surface area contributed by atoms with E-state index in [0.29, 0.717) is 5.92 Å². The van der Waals surface area contributed by atoms with E-state index in [-0.39, 0.29) is 6.10 Å². The maximum Gasteiger partial charge on any atom is 0.261 e. The summed E-state index contributed by atoms with van der Waals surface area (Å²) >= 11 is 5.27. The zero-order valence-electron chi connectivity index (χ0n) is 10.3. The van der Waals surface area contributed by atoms with Crippen LogP contribution in [0, 0.1) is 0 Å². The predicted octanol–water partition coefficient (Wildman–Crippen LogP) is 3.34. The van der Waals surface area contributed by atoms with Gasteiger partial charge in [-0.3, -0.25) is 0 Å². The van der Waals surface area contributed by atoms with Crippen molar-refractivity contribution in [2.24, 2.45) is 0 Å². The van der Waals surface area contributed by atoms with Gasteiger partial charge >= 0.3 is 0 Å². The molecule has 1 N–H and O–H groups in total. The molecule has 2 rings (SSSR count). The van der Waals surface area contributed by atoms with E-state index in [0.717, 1.165) is 12.1 Å². The average Bonchev–Trinajstić information content (AvgIpc) is 2.73. The fourth-order valence-corrected chi connectivity index (χ4v) is 3.56. The summed E-state index contributed by atoms with van der Waals surface area (Å²) in [4.78, 5) is 0. The molecule has 0 saturated carbocycles. The van der Waals surface area contributed by atoms with Gasteiger partial charge in [0.15, 0.2) is 0 Å². The van der Waals surface area contributed by atoms with Crippen LogP contribution in [-0.2, 0) is 20.9 Å². The molecule has 0 aromatic heterocycles. The highest BCUT2D eigenvalue weighted by Gasteiger charge is 2.31. The van der Waals surface area contributed by atoms with Gasteiger partial charge in [-0.15, -0.1) is 0 Å². The Kier molecular flexibility index (Phi) is 4.01. The summed E-state index contributed by atoms with van der Waals surface area (Å²) in [7, 11) is 1.60. The van der Waals surface area contributed by atoms with Crippen molar-refractivity contribution in [3.8, 4) is 0 Å². The Morgan fingerprint density at radius 2 is 2.06 bits per heavy atom. The number of hydrogen-bond acceptors (Lipinski definition) is 3. The largest absolute Gasteiger partial charge is 0.321 e. The van der Waals surface area contributed by atoms with Crippen molar-refractivity contribution in [3.05, 3.63) is 35.4 Å². The molecular weight excluding hydrogens is 253 g/mol. The van der Waals surface area contributed by atoms with Crippen molar-refractivity contribution in [3.63, 3.8) is 0 Å². The zero-order valence-corrected chi connectivity index (χ0v) is 12.1. The van der Waals surface area contributed by atoms with Crippen LogP contribution in [0.15, 0.2) is 24.3 Å². The topological polar surface area (TPSA) is 30.5 Å². The lowest BCUT2D eigenvalue weighted by atomic mass is 10.00. The maximum absolute atomic E-state index is 5.78. The first-order valence-corrected chi connectivity index (χ1v) is 8.37. The van der Waals surface area contributed by atoms with Crippen LogP contribution in [0.5, 0.6) is 0 Å². The smallest absolute Gasteiger partial charge is 0.261 e. The predicted molar refractivity (Wildman–Crippen MR) is 73.7 cm³/mol. The van der Waals surface area contributed by atoms with Gasteiger partial charge in [0.1, 0.15) is 6.10 Å². The molecule has 1 heterocycles. The number of benzene rings is 1. The van der Waals surface area contributed by atoms with Gasteiger partial charge in [0.25, 0.3) is 6.64 Å². The van der Waals surface area contributed by atoms with E-state index in [2.05, 4.69) is 43.2 Å². The quantitative estimate of drug-likeness (QED) is 0.854. The second-order valence-electron chi connectivity index (χ2n) is 4.46. The van der Waals surface area contributed by atoms with Gasteiger partial charge in [-0.1, -0.05) is 38.1 Å². The van der Waals surface area contributed by atoms with Crippen LogP contribution in [0.25, 0.3) is 0 Å². The van der Waals surface area contributed by atoms with E-state index in [4.69, 9.17) is 20.9 Å². The first kappa shape index (κ1) is 13.2. The summed E-state index contributed by atoms with van der Waals surface area (Å²) in [5.74, 6) is 0.552. The van der Waals surface area contributed by atoms with Crippen LogP contribution < -0.4 is 5.09 Å². The maximum atomic E-state index is 5.78. The second-order valence-corrected chi connectivity index (χ2v) is 7.79. The Hall–Kier alpha value is -0.250. The molecule has 94 valence electrons. The van der Waals surface area contributed by atoms with Gasteiger partial charge in [0.05, 0.1) is 0 Å². The van der Waals surface area contributed by atoms with E-state index in [1.807, 2.05) is 0 Å². The molecule has 5 heteroatoms. The molecule has 1 aliphatic heterocycles. The minimum absolute atomic E-state index is 0.0157. The van der Waals surface area contributed by atoms with Crippen molar-refractivity contribution < 1.29 is 9.05 Å². The van der Waals surface area contributed by atoms with Crippen LogP contribution in [0.1, 0.15) is 37.0 Å². The third-order valence-electron chi connectivity index (χ3n) is 2.95. The summed E-state index contributed by atoms with van der Waals surface area (Å²) in [5, 5.41) is 3.15. The van der Waals surface area contributed by atoms with Gasteiger partial charge in [-0.25, -0.2) is 5.09 Å². The molecule has 3 nitrogen and oxygen atoms in total. The van der Waals surface area contributed by atoms with Crippen molar-refractivity contribution in [2.75, 3.05) is 13.7 Å². The normalized spacial score (nSPS) is 28.8. The lowest BCUT2D eigenvalue weighted by molar-refractivity contribution is 0.233. The van der Waals surface area contributed by atoms with Crippen LogP contribution in [0.3, 0.4) is 0 Å². The van der Waals surface area contributed by atoms with Crippen LogP contribution in [-0.4, -0.2) is 13.7 Å². The highest BCUT2D eigenvalue weighted by atomic mass is 32.5. The Morgan fingerprint density at radius 3 is 2.53 bits per heavy atom. The molecule has 2 unspecified atom stereocenters. The third-order valence-corrected chi connectivity index (χ3v) is 5.63. The number of hydrogen-bond donors (Lipinski definition) is 1. The summed E-state index contributed by atoms with van der Waals surface area (Å²) in [6.45, 7) is 2.88. The molecule has 1 aromatic carbocycles. The van der Waals surface area contributed by atoms with E-state index in [1.54, 1.807) is 7.11 Å². The van der Waals surface area contributed by atoms with Crippen molar-refractivity contribution in [1.29, 1.82) is 0 Å². The van der Waals surface area contributed by atoms with Gasteiger partial charge < -0.3 is 9.05 Å². The molecule has 0 bridgehead atoms. The molecule has 0 aliphatic carbocycles. The highest BCUT2D eigenvalue weighted by Crippen LogP contribution is 2.52. The first-order valence-electron chi connectivity index (χ1n) is 5.73. The monoisotopic (exact) mass is 271 g/mol. The highest BCUT2D eigenvalue weighted by molar-refractivity contribution is 8.09. The fourth-order valence-electron chi connectivity index (χ4n) is 1.82. The van der Waals surface area contributed by atoms with Gasteiger partial charge in [-0.2, -0.15) is 0 Å². The summed E-state index contributed by atoms with van der Waals surface area (Å²) in [6, 6.07) is 8.53. The Morgan fingerprint density at radius 1 is 1.41 bits per heavy atom. The van der Waals surface area contributed by atoms with Crippen LogP contribution in [0.4, 0.5) is 0 Å². The molecule has 1 fully saturated rings. The summed E-state index contributed by atoms with van der Waals surface area (Å²) in [6.07, 6.45) is 0.0157. The molecule has 0 radical (unpaired) electrons. The lowest BCUT2D eigenvalue weighted by Crippen LogP contribution is -2.06. The molecule has 0 spiro atoms. The molecular formula is C12H18NO2PS. The van der Waals surface area contributed by atoms with Crippen molar-refractivity contribution in [1.82, 2.24) is 5.09 Å². The molecule has 2 atom stereocenters. The van der Waals surface area contributed by atoms with Gasteiger partial charge in [0.2, 0.25) is 0 Å². The molecule has 0 amide bonds. The number of rotatable bonds is 3. The van der Waals surface area contributed by atoms with Crippen molar-refractivity contribution in [2.45, 2.75) is 25.9 Å². The minimum Gasteiger partial charge on any atom is -0.321 e. The Balaban J connectivity index is 2.12. The standard InChI is InChI=1S/C12H18NO2PS/c1-9(2)10-4-6-11(7-5-10)12-8-13-16(17,14-3)15-12/h4-7,9,12H,8H2,1-3H3,(H,13,17). The number of nitrogens with one attached hydrogen (secondary N) is 1. The lowest BCUT2D eigenvalue weighted by Gasteiger charge is -2.14. The molecule has 1 aromatic rings. The molecule has 1 aliphatic rings. The van der Waals surface area contributed by atoms with E-state index in [9.17, 15) is 0 Å². The van der Waals surface area contributed by atoms with Gasteiger partial charge in [0, 0.05) is 13.7 Å². The van der Waals surface area contributed by atoms with Crippen LogP contribution in [0.2, 0.25) is 0 Å². The Labute approximate surface area is 108 Å². The Bertz CT molecular complexity index is 433. The summed E-state index contributed by atoms with van der Waals surface area (Å²) in [5.41, 5.74) is 2.50. The molecule has 1 saturated heterocycles. The van der Waals surface area contributed by atoms with E-state index in [1.165, 1.54) is 5.56 Å². The first-order chi connectivity index (χ1) is 8.04. The SMILES string of the molecule is COP1(=S)NCC(c2ccc(C(C)C)cc2)O1. The summed E-state index contributed by atoms with van der Waals surface area (Å²) < 4.78 is 11.0. The average molecular weight is 271 g/mol. The van der Waals surface area contributed by atoms with Gasteiger partial charge in [-0.05, 0) is 28.9 Å². The fraction of sp³-hybridized carbons (Fsp3) is 0.500. The zero-order chi connectivity index (χ0) is 12.5. The second kappa shape index (κ2) is 5.17. The minimum atomic E-state index is -2.22. The molecule has 17 heavy (non-hydrogen) atoms. The van der Waals surface area contributed by atoms with Crippen molar-refractivity contribution >= 4 is 18.4 Å². The van der Waals surface area contributed by atoms with E-state index < -0.39 is 6.64 Å². The third kappa shape index (κ3) is 2.95. The van der Waals surface area contributed by atoms with E-state index >= 15 is 0 Å².